The molecule has 0 bridgehead atoms. The van der Waals surface area contributed by atoms with E-state index in [2.05, 4.69) is 10.5 Å². The summed E-state index contributed by atoms with van der Waals surface area (Å²) in [6.07, 6.45) is 4.03. The third kappa shape index (κ3) is 3.59. The topological polar surface area (TPSA) is 89.3 Å². The van der Waals surface area contributed by atoms with Crippen LogP contribution in [0.4, 0.5) is 0 Å². The predicted octanol–water partition coefficient (Wildman–Crippen LogP) is 1.35. The molecule has 20 heavy (non-hydrogen) atoms. The van der Waals surface area contributed by atoms with Gasteiger partial charge in [0, 0.05) is 12.1 Å². The fourth-order valence-electron chi connectivity index (χ4n) is 2.36. The van der Waals surface area contributed by atoms with Crippen molar-refractivity contribution in [1.29, 1.82) is 0 Å². The monoisotopic (exact) mass is 300 g/mol. The number of sulfone groups is 1. The van der Waals surface area contributed by atoms with Gasteiger partial charge < -0.3 is 9.84 Å². The fraction of sp³-hybridized carbons (Fsp3) is 0.692. The molecule has 7 heteroatoms. The Hall–Kier alpha value is -1.37. The van der Waals surface area contributed by atoms with Gasteiger partial charge in [-0.1, -0.05) is 18.0 Å². The van der Waals surface area contributed by atoms with Crippen LogP contribution in [-0.2, 0) is 20.4 Å². The van der Waals surface area contributed by atoms with Gasteiger partial charge in [-0.15, -0.1) is 0 Å². The lowest BCUT2D eigenvalue weighted by Crippen LogP contribution is -2.42. The first-order chi connectivity index (χ1) is 9.38. The van der Waals surface area contributed by atoms with E-state index in [-0.39, 0.29) is 17.6 Å². The summed E-state index contributed by atoms with van der Waals surface area (Å²) in [6.45, 7) is 3.14. The maximum absolute atomic E-state index is 12.2. The summed E-state index contributed by atoms with van der Waals surface area (Å²) < 4.78 is 29.3. The third-order valence-corrected chi connectivity index (χ3v) is 5.61. The molecule has 1 heterocycles. The van der Waals surface area contributed by atoms with Gasteiger partial charge in [-0.25, -0.2) is 8.42 Å². The molecule has 1 atom stereocenters. The van der Waals surface area contributed by atoms with Gasteiger partial charge in [0.1, 0.15) is 11.0 Å². The highest BCUT2D eigenvalue weighted by molar-refractivity contribution is 7.92. The SMILES string of the molecule is Cc1cc(CS(=O)(=O)[C@H](C)C(=O)NC2CCCC2)on1. The zero-order chi connectivity index (χ0) is 14.8. The molecule has 2 rings (SSSR count). The standard InChI is InChI=1S/C13H20N2O4S/c1-9-7-12(19-15-9)8-20(17,18)10(2)13(16)14-11-5-3-4-6-11/h7,10-11H,3-6,8H2,1-2H3,(H,14,16)/t10-/m1/s1. The largest absolute Gasteiger partial charge is 0.360 e. The summed E-state index contributed by atoms with van der Waals surface area (Å²) in [4.78, 5) is 12.0. The highest BCUT2D eigenvalue weighted by atomic mass is 32.2. The normalized spacial score (nSPS) is 18.1. The quantitative estimate of drug-likeness (QED) is 0.886. The van der Waals surface area contributed by atoms with Gasteiger partial charge >= 0.3 is 0 Å². The average Bonchev–Trinajstić information content (AvgIpc) is 3.00. The van der Waals surface area contributed by atoms with Crippen LogP contribution in [0.25, 0.3) is 0 Å². The number of carbonyl (C=O) groups excluding carboxylic acids is 1. The summed E-state index contributed by atoms with van der Waals surface area (Å²) in [7, 11) is -3.59. The van der Waals surface area contributed by atoms with E-state index in [0.717, 1.165) is 25.7 Å². The summed E-state index contributed by atoms with van der Waals surface area (Å²) in [5, 5.41) is 5.38. The number of nitrogens with zero attached hydrogens (tertiary/aromatic N) is 1. The van der Waals surface area contributed by atoms with Crippen molar-refractivity contribution < 1.29 is 17.7 Å². The van der Waals surface area contributed by atoms with Crippen molar-refractivity contribution in [2.75, 3.05) is 0 Å². The van der Waals surface area contributed by atoms with Crippen LogP contribution in [0.3, 0.4) is 0 Å². The van der Waals surface area contributed by atoms with Crippen LogP contribution in [0.15, 0.2) is 10.6 Å². The minimum Gasteiger partial charge on any atom is -0.360 e. The van der Waals surface area contributed by atoms with Gasteiger partial charge in [0.25, 0.3) is 0 Å². The maximum atomic E-state index is 12.2. The Bertz CT molecular complexity index is 573. The molecule has 0 saturated heterocycles. The Labute approximate surface area is 118 Å². The van der Waals surface area contributed by atoms with E-state index >= 15 is 0 Å². The summed E-state index contributed by atoms with van der Waals surface area (Å²) in [5.41, 5.74) is 0.623. The first-order valence-electron chi connectivity index (χ1n) is 6.82. The Morgan fingerprint density at radius 2 is 2.15 bits per heavy atom. The zero-order valence-electron chi connectivity index (χ0n) is 11.8. The second kappa shape index (κ2) is 5.95. The molecule has 1 N–H and O–H groups in total. The molecular weight excluding hydrogens is 280 g/mol. The van der Waals surface area contributed by atoms with E-state index in [9.17, 15) is 13.2 Å². The van der Waals surface area contributed by atoms with Crippen molar-refractivity contribution in [2.24, 2.45) is 0 Å². The van der Waals surface area contributed by atoms with Crippen molar-refractivity contribution in [2.45, 2.75) is 56.6 Å². The van der Waals surface area contributed by atoms with Crippen molar-refractivity contribution in [3.8, 4) is 0 Å². The highest BCUT2D eigenvalue weighted by Gasteiger charge is 2.31. The number of aryl methyl sites for hydroxylation is 1. The molecule has 1 saturated carbocycles. The maximum Gasteiger partial charge on any atom is 0.238 e. The average molecular weight is 300 g/mol. The van der Waals surface area contributed by atoms with Crippen LogP contribution >= 0.6 is 0 Å². The lowest BCUT2D eigenvalue weighted by atomic mass is 10.2. The lowest BCUT2D eigenvalue weighted by molar-refractivity contribution is -0.121. The van der Waals surface area contributed by atoms with Gasteiger partial charge in [-0.05, 0) is 26.7 Å². The van der Waals surface area contributed by atoms with Crippen molar-refractivity contribution >= 4 is 15.7 Å². The van der Waals surface area contributed by atoms with Gasteiger partial charge in [-0.2, -0.15) is 0 Å². The van der Waals surface area contributed by atoms with Crippen molar-refractivity contribution in [1.82, 2.24) is 10.5 Å². The molecule has 0 radical (unpaired) electrons. The molecule has 1 amide bonds. The minimum atomic E-state index is -3.59. The van der Waals surface area contributed by atoms with Crippen LogP contribution in [0.1, 0.15) is 44.1 Å². The van der Waals surface area contributed by atoms with E-state index in [1.54, 1.807) is 13.0 Å². The van der Waals surface area contributed by atoms with E-state index < -0.39 is 21.0 Å². The summed E-state index contributed by atoms with van der Waals surface area (Å²) in [6, 6.07) is 1.69. The van der Waals surface area contributed by atoms with Crippen molar-refractivity contribution in [3.63, 3.8) is 0 Å². The molecule has 1 aromatic heterocycles. The molecule has 0 spiro atoms. The van der Waals surface area contributed by atoms with E-state index in [1.165, 1.54) is 6.92 Å². The molecule has 1 aliphatic rings. The number of carbonyl (C=O) groups is 1. The smallest absolute Gasteiger partial charge is 0.238 e. The number of hydrogen-bond donors (Lipinski definition) is 1. The lowest BCUT2D eigenvalue weighted by Gasteiger charge is -2.16. The van der Waals surface area contributed by atoms with Crippen molar-refractivity contribution in [3.05, 3.63) is 17.5 Å². The molecule has 1 aliphatic carbocycles. The molecule has 1 aromatic rings. The molecule has 1 fully saturated rings. The Balaban J connectivity index is 1.98. The molecular formula is C13H20N2O4S. The fourth-order valence-corrected chi connectivity index (χ4v) is 3.54. The minimum absolute atomic E-state index is 0.118. The van der Waals surface area contributed by atoms with Crippen LogP contribution in [0.5, 0.6) is 0 Å². The van der Waals surface area contributed by atoms with E-state index in [0.29, 0.717) is 5.69 Å². The second-order valence-electron chi connectivity index (χ2n) is 5.37. The number of nitrogens with one attached hydrogen (secondary N) is 1. The van der Waals surface area contributed by atoms with Crippen LogP contribution in [-0.4, -0.2) is 30.8 Å². The third-order valence-electron chi connectivity index (χ3n) is 3.63. The number of hydrogen-bond acceptors (Lipinski definition) is 5. The molecule has 6 nitrogen and oxygen atoms in total. The zero-order valence-corrected chi connectivity index (χ0v) is 12.6. The summed E-state index contributed by atoms with van der Waals surface area (Å²) in [5.74, 6) is -0.455. The van der Waals surface area contributed by atoms with E-state index in [4.69, 9.17) is 4.52 Å². The second-order valence-corrected chi connectivity index (χ2v) is 7.70. The first kappa shape index (κ1) is 15.0. The van der Waals surface area contributed by atoms with Crippen LogP contribution < -0.4 is 5.32 Å². The molecule has 112 valence electrons. The Kier molecular flexibility index (Phi) is 4.47. The number of rotatable bonds is 5. The highest BCUT2D eigenvalue weighted by Crippen LogP contribution is 2.19. The Morgan fingerprint density at radius 3 is 2.70 bits per heavy atom. The van der Waals surface area contributed by atoms with Gasteiger partial charge in [0.05, 0.1) is 5.69 Å². The van der Waals surface area contributed by atoms with Gasteiger partial charge in [0.15, 0.2) is 15.6 Å². The van der Waals surface area contributed by atoms with E-state index in [1.807, 2.05) is 0 Å². The van der Waals surface area contributed by atoms with Crippen LogP contribution in [0.2, 0.25) is 0 Å². The van der Waals surface area contributed by atoms with Gasteiger partial charge in [-0.3, -0.25) is 4.79 Å². The molecule has 0 aliphatic heterocycles. The number of amides is 1. The number of aromatic nitrogens is 1. The molecule has 0 aromatic carbocycles. The van der Waals surface area contributed by atoms with Crippen LogP contribution in [0, 0.1) is 6.92 Å². The van der Waals surface area contributed by atoms with Gasteiger partial charge in [0.2, 0.25) is 5.91 Å². The molecule has 0 unspecified atom stereocenters. The summed E-state index contributed by atoms with van der Waals surface area (Å²) >= 11 is 0. The first-order valence-corrected chi connectivity index (χ1v) is 8.54. The predicted molar refractivity (Wildman–Crippen MR) is 73.7 cm³/mol. The Morgan fingerprint density at radius 1 is 1.50 bits per heavy atom.